The van der Waals surface area contributed by atoms with Crippen molar-refractivity contribution in [1.29, 1.82) is 0 Å². The molecular weight excluding hydrogens is 460 g/mol. The number of rotatable bonds is 5. The number of fused-ring (bicyclic) bond motifs is 1. The highest BCUT2D eigenvalue weighted by molar-refractivity contribution is 6.00. The second kappa shape index (κ2) is 9.71. The molecule has 190 valence electrons. The molecule has 2 fully saturated rings. The van der Waals surface area contributed by atoms with Crippen molar-refractivity contribution >= 4 is 22.8 Å². The fourth-order valence-corrected chi connectivity index (χ4v) is 6.51. The Labute approximate surface area is 218 Å². The van der Waals surface area contributed by atoms with Gasteiger partial charge < -0.3 is 15.1 Å². The summed E-state index contributed by atoms with van der Waals surface area (Å²) < 4.78 is 0. The molecule has 0 atom stereocenters. The summed E-state index contributed by atoms with van der Waals surface area (Å²) in [5.41, 5.74) is 9.14. The van der Waals surface area contributed by atoms with Crippen LogP contribution in [0.1, 0.15) is 47.9 Å². The maximum absolute atomic E-state index is 11.0. The number of allylic oxidation sites excluding steroid dienone is 1. The number of benzene rings is 3. The molecule has 2 heterocycles. The summed E-state index contributed by atoms with van der Waals surface area (Å²) in [6.07, 6.45) is 5.17. The molecule has 3 aromatic carbocycles. The molecule has 3 aliphatic rings. The van der Waals surface area contributed by atoms with Crippen LogP contribution in [0.3, 0.4) is 0 Å². The van der Waals surface area contributed by atoms with E-state index in [0.717, 1.165) is 58.3 Å². The van der Waals surface area contributed by atoms with Gasteiger partial charge in [-0.1, -0.05) is 48.5 Å². The maximum Gasteiger partial charge on any atom is 0.317 e. The molecule has 0 radical (unpaired) electrons. The van der Waals surface area contributed by atoms with E-state index >= 15 is 0 Å². The molecule has 5 nitrogen and oxygen atoms in total. The Morgan fingerprint density at radius 1 is 0.865 bits per heavy atom. The molecule has 2 aliphatic heterocycles. The van der Waals surface area contributed by atoms with Crippen molar-refractivity contribution in [3.05, 3.63) is 95.1 Å². The Hall–Kier alpha value is -3.57. The standard InChI is InChI=1S/C32H34N2O3/c35-27-13-14-29-25(19-27)7-4-8-28(23-5-2-1-3-6-23)31(29)24-9-11-26(12-10-24)34-21-32(22-34)15-17-33(18-16-32)20-30(36)37/h1-3,5-6,9-14,19,35H,4,7-8,15-18,20-22H2,(H,36,37). The molecule has 2 N–H and O–H groups in total. The molecule has 5 heteroatoms. The fraction of sp³-hybridized carbons (Fsp3) is 0.344. The van der Waals surface area contributed by atoms with E-state index in [-0.39, 0.29) is 6.54 Å². The van der Waals surface area contributed by atoms with Gasteiger partial charge in [-0.3, -0.25) is 9.69 Å². The number of carbonyl (C=O) groups is 1. The summed E-state index contributed by atoms with van der Waals surface area (Å²) in [5.74, 6) is -0.401. The third kappa shape index (κ3) is 4.76. The molecule has 6 rings (SSSR count). The first-order valence-electron chi connectivity index (χ1n) is 13.4. The van der Waals surface area contributed by atoms with Crippen molar-refractivity contribution in [1.82, 2.24) is 4.90 Å². The summed E-state index contributed by atoms with van der Waals surface area (Å²) in [5, 5.41) is 19.2. The minimum absolute atomic E-state index is 0.158. The normalized spacial score (nSPS) is 19.3. The Bertz CT molecular complexity index is 1310. The number of piperidine rings is 1. The van der Waals surface area contributed by atoms with Crippen molar-refractivity contribution in [2.45, 2.75) is 32.1 Å². The highest BCUT2D eigenvalue weighted by atomic mass is 16.4. The lowest BCUT2D eigenvalue weighted by molar-refractivity contribution is -0.139. The van der Waals surface area contributed by atoms with Gasteiger partial charge in [-0.15, -0.1) is 0 Å². The van der Waals surface area contributed by atoms with Gasteiger partial charge in [0.05, 0.1) is 6.54 Å². The van der Waals surface area contributed by atoms with Gasteiger partial charge in [-0.05, 0) is 103 Å². The number of aromatic hydroxyl groups is 1. The first kappa shape index (κ1) is 23.8. The first-order chi connectivity index (χ1) is 18.0. The zero-order valence-electron chi connectivity index (χ0n) is 21.2. The maximum atomic E-state index is 11.0. The highest BCUT2D eigenvalue weighted by Crippen LogP contribution is 2.44. The lowest BCUT2D eigenvalue weighted by Crippen LogP contribution is -2.60. The number of nitrogens with zero attached hydrogens (tertiary/aromatic N) is 2. The highest BCUT2D eigenvalue weighted by Gasteiger charge is 2.45. The number of phenolic OH excluding ortho intramolecular Hbond substituents is 1. The largest absolute Gasteiger partial charge is 0.508 e. The number of phenols is 1. The van der Waals surface area contributed by atoms with Crippen molar-refractivity contribution in [2.75, 3.05) is 37.6 Å². The topological polar surface area (TPSA) is 64.0 Å². The van der Waals surface area contributed by atoms with E-state index in [1.165, 1.54) is 39.1 Å². The number of carboxylic acids is 1. The van der Waals surface area contributed by atoms with Gasteiger partial charge in [0, 0.05) is 24.2 Å². The Kier molecular flexibility index (Phi) is 6.25. The smallest absolute Gasteiger partial charge is 0.317 e. The lowest BCUT2D eigenvalue weighted by Gasteiger charge is -2.55. The van der Waals surface area contributed by atoms with E-state index < -0.39 is 5.97 Å². The lowest BCUT2D eigenvalue weighted by atomic mass is 9.71. The molecule has 3 aromatic rings. The fourth-order valence-electron chi connectivity index (χ4n) is 6.51. The number of hydrogen-bond donors (Lipinski definition) is 2. The van der Waals surface area contributed by atoms with Crippen LogP contribution >= 0.6 is 0 Å². The number of likely N-dealkylation sites (tertiary alicyclic amines) is 1. The third-order valence-corrected chi connectivity index (χ3v) is 8.50. The molecule has 2 saturated heterocycles. The second-order valence-corrected chi connectivity index (χ2v) is 11.0. The predicted molar refractivity (Wildman–Crippen MR) is 148 cm³/mol. The average Bonchev–Trinajstić information content (AvgIpc) is 3.07. The van der Waals surface area contributed by atoms with Crippen molar-refractivity contribution < 1.29 is 15.0 Å². The summed E-state index contributed by atoms with van der Waals surface area (Å²) in [6, 6.07) is 25.5. The zero-order chi connectivity index (χ0) is 25.4. The van der Waals surface area contributed by atoms with E-state index in [9.17, 15) is 9.90 Å². The van der Waals surface area contributed by atoms with E-state index in [2.05, 4.69) is 70.5 Å². The molecular formula is C32H34N2O3. The number of carboxylic acid groups (broad SMARTS) is 1. The van der Waals surface area contributed by atoms with E-state index in [1.807, 2.05) is 12.1 Å². The Morgan fingerprint density at radius 3 is 2.30 bits per heavy atom. The van der Waals surface area contributed by atoms with Gasteiger partial charge >= 0.3 is 5.97 Å². The zero-order valence-corrected chi connectivity index (χ0v) is 21.2. The summed E-state index contributed by atoms with van der Waals surface area (Å²) in [6.45, 7) is 4.01. The van der Waals surface area contributed by atoms with Crippen LogP contribution in [0.2, 0.25) is 0 Å². The van der Waals surface area contributed by atoms with E-state index in [4.69, 9.17) is 5.11 Å². The summed E-state index contributed by atoms with van der Waals surface area (Å²) in [4.78, 5) is 15.6. The molecule has 1 spiro atoms. The monoisotopic (exact) mass is 494 g/mol. The van der Waals surface area contributed by atoms with Crippen LogP contribution in [0.25, 0.3) is 11.1 Å². The molecule has 0 bridgehead atoms. The number of anilines is 1. The number of aryl methyl sites for hydroxylation is 1. The minimum atomic E-state index is -0.732. The van der Waals surface area contributed by atoms with Gasteiger partial charge in [0.15, 0.2) is 0 Å². The van der Waals surface area contributed by atoms with Crippen LogP contribution in [-0.4, -0.2) is 53.8 Å². The van der Waals surface area contributed by atoms with E-state index in [1.54, 1.807) is 0 Å². The Morgan fingerprint density at radius 2 is 1.59 bits per heavy atom. The molecule has 0 saturated carbocycles. The second-order valence-electron chi connectivity index (χ2n) is 11.0. The molecule has 37 heavy (non-hydrogen) atoms. The molecule has 0 amide bonds. The SMILES string of the molecule is O=C(O)CN1CCC2(CC1)CN(c1ccc(C3=C(c4ccccc4)CCCc4cc(O)ccc43)cc1)C2. The van der Waals surface area contributed by atoms with Gasteiger partial charge in [0.1, 0.15) is 5.75 Å². The Balaban J connectivity index is 1.26. The number of aliphatic carboxylic acids is 1. The average molecular weight is 495 g/mol. The van der Waals surface area contributed by atoms with Crippen LogP contribution in [0.4, 0.5) is 5.69 Å². The predicted octanol–water partition coefficient (Wildman–Crippen LogP) is 5.67. The van der Waals surface area contributed by atoms with Crippen LogP contribution in [0.5, 0.6) is 5.75 Å². The van der Waals surface area contributed by atoms with Crippen molar-refractivity contribution in [2.24, 2.45) is 5.41 Å². The first-order valence-corrected chi connectivity index (χ1v) is 13.4. The van der Waals surface area contributed by atoms with Crippen molar-refractivity contribution in [3.8, 4) is 5.75 Å². The van der Waals surface area contributed by atoms with Gasteiger partial charge in [-0.2, -0.15) is 0 Å². The minimum Gasteiger partial charge on any atom is -0.508 e. The van der Waals surface area contributed by atoms with Crippen LogP contribution < -0.4 is 4.90 Å². The van der Waals surface area contributed by atoms with Crippen molar-refractivity contribution in [3.63, 3.8) is 0 Å². The number of hydrogen-bond acceptors (Lipinski definition) is 4. The molecule has 0 unspecified atom stereocenters. The quantitative estimate of drug-likeness (QED) is 0.478. The summed E-state index contributed by atoms with van der Waals surface area (Å²) in [7, 11) is 0. The molecule has 0 aromatic heterocycles. The van der Waals surface area contributed by atoms with Crippen LogP contribution in [0, 0.1) is 5.41 Å². The van der Waals surface area contributed by atoms with Crippen LogP contribution in [-0.2, 0) is 11.2 Å². The van der Waals surface area contributed by atoms with Crippen LogP contribution in [0.15, 0.2) is 72.8 Å². The third-order valence-electron chi connectivity index (χ3n) is 8.50. The van der Waals surface area contributed by atoms with E-state index in [0.29, 0.717) is 11.2 Å². The van der Waals surface area contributed by atoms with Gasteiger partial charge in [0.25, 0.3) is 0 Å². The molecule has 1 aliphatic carbocycles. The van der Waals surface area contributed by atoms with Gasteiger partial charge in [0.2, 0.25) is 0 Å². The van der Waals surface area contributed by atoms with Gasteiger partial charge in [-0.25, -0.2) is 0 Å². The summed E-state index contributed by atoms with van der Waals surface area (Å²) >= 11 is 0.